The zero-order valence-corrected chi connectivity index (χ0v) is 8.05. The van der Waals surface area contributed by atoms with Crippen LogP contribution in [0.25, 0.3) is 0 Å². The molecule has 0 spiro atoms. The van der Waals surface area contributed by atoms with Crippen molar-refractivity contribution in [1.29, 1.82) is 0 Å². The number of carbonyl (C=O) groups excluding carboxylic acids is 1. The molecule has 1 heteroatoms. The first-order valence-electron chi connectivity index (χ1n) is 4.79. The van der Waals surface area contributed by atoms with Crippen molar-refractivity contribution in [1.82, 2.24) is 0 Å². The molecule has 0 heterocycles. The van der Waals surface area contributed by atoms with E-state index in [0.717, 1.165) is 12.8 Å². The second-order valence-electron chi connectivity index (χ2n) is 4.53. The van der Waals surface area contributed by atoms with E-state index in [2.05, 4.69) is 19.9 Å². The van der Waals surface area contributed by atoms with Crippen molar-refractivity contribution in [2.45, 2.75) is 33.6 Å². The summed E-state index contributed by atoms with van der Waals surface area (Å²) in [6.45, 7) is 6.19. The van der Waals surface area contributed by atoms with Crippen LogP contribution >= 0.6 is 0 Å². The Morgan fingerprint density at radius 2 is 2.33 bits per heavy atom. The van der Waals surface area contributed by atoms with Gasteiger partial charge in [-0.1, -0.05) is 25.5 Å². The molecule has 1 fully saturated rings. The molecular formula is C11H16O. The van der Waals surface area contributed by atoms with Crippen LogP contribution < -0.4 is 0 Å². The van der Waals surface area contributed by atoms with E-state index >= 15 is 0 Å². The van der Waals surface area contributed by atoms with E-state index < -0.39 is 0 Å². The second kappa shape index (κ2) is 2.21. The van der Waals surface area contributed by atoms with E-state index in [9.17, 15) is 4.79 Å². The summed E-state index contributed by atoms with van der Waals surface area (Å²) < 4.78 is 0. The smallest absolute Gasteiger partial charge is 0.136 e. The van der Waals surface area contributed by atoms with Crippen molar-refractivity contribution >= 4 is 5.78 Å². The van der Waals surface area contributed by atoms with Gasteiger partial charge in [-0.2, -0.15) is 0 Å². The van der Waals surface area contributed by atoms with Crippen molar-refractivity contribution < 1.29 is 4.79 Å². The van der Waals surface area contributed by atoms with Crippen molar-refractivity contribution in [2.24, 2.45) is 17.3 Å². The third kappa shape index (κ3) is 0.825. The lowest BCUT2D eigenvalue weighted by molar-refractivity contribution is -0.122. The van der Waals surface area contributed by atoms with Gasteiger partial charge in [0.1, 0.15) is 5.78 Å². The van der Waals surface area contributed by atoms with Gasteiger partial charge in [0, 0.05) is 5.41 Å². The van der Waals surface area contributed by atoms with Crippen LogP contribution in [-0.2, 0) is 4.79 Å². The van der Waals surface area contributed by atoms with E-state index in [1.807, 2.05) is 0 Å². The first-order chi connectivity index (χ1) is 5.58. The molecule has 0 N–H and O–H groups in total. The van der Waals surface area contributed by atoms with Gasteiger partial charge in [0.15, 0.2) is 0 Å². The van der Waals surface area contributed by atoms with Gasteiger partial charge in [-0.25, -0.2) is 0 Å². The molecule has 0 aliphatic heterocycles. The predicted molar refractivity (Wildman–Crippen MR) is 48.8 cm³/mol. The van der Waals surface area contributed by atoms with Gasteiger partial charge < -0.3 is 0 Å². The summed E-state index contributed by atoms with van der Waals surface area (Å²) in [6, 6.07) is 0. The zero-order chi connectivity index (χ0) is 8.93. The van der Waals surface area contributed by atoms with Crippen molar-refractivity contribution in [2.75, 3.05) is 0 Å². The van der Waals surface area contributed by atoms with Gasteiger partial charge in [0.05, 0.1) is 0 Å². The minimum absolute atomic E-state index is 0.0829. The highest BCUT2D eigenvalue weighted by atomic mass is 16.1. The summed E-state index contributed by atoms with van der Waals surface area (Å²) in [5.41, 5.74) is 1.62. The van der Waals surface area contributed by atoms with E-state index in [1.165, 1.54) is 5.57 Å². The fourth-order valence-corrected chi connectivity index (χ4v) is 2.58. The predicted octanol–water partition coefficient (Wildman–Crippen LogP) is 2.57. The minimum Gasteiger partial charge on any atom is -0.299 e. The Balaban J connectivity index is 2.16. The minimum atomic E-state index is 0.0829. The molecule has 0 aromatic carbocycles. The van der Waals surface area contributed by atoms with Crippen LogP contribution in [0, 0.1) is 17.3 Å². The number of hydrogen-bond donors (Lipinski definition) is 0. The molecule has 12 heavy (non-hydrogen) atoms. The Morgan fingerprint density at radius 1 is 1.67 bits per heavy atom. The van der Waals surface area contributed by atoms with Gasteiger partial charge in [-0.05, 0) is 31.6 Å². The standard InChI is InChI=1S/C11H16O/c1-7(2)9-4-5-11(8(3)12)6-10(9)11/h4,7,10H,5-6H2,1-3H3. The average molecular weight is 164 g/mol. The number of ketones is 1. The molecule has 2 rings (SSSR count). The van der Waals surface area contributed by atoms with Crippen LogP contribution in [0.3, 0.4) is 0 Å². The summed E-state index contributed by atoms with van der Waals surface area (Å²) >= 11 is 0. The largest absolute Gasteiger partial charge is 0.299 e. The van der Waals surface area contributed by atoms with Crippen LogP contribution in [0.1, 0.15) is 33.6 Å². The Hall–Kier alpha value is -0.590. The summed E-state index contributed by atoms with van der Waals surface area (Å²) in [5.74, 6) is 1.66. The lowest BCUT2D eigenvalue weighted by Gasteiger charge is -2.07. The van der Waals surface area contributed by atoms with Crippen LogP contribution in [0.5, 0.6) is 0 Å². The molecule has 1 nitrogen and oxygen atoms in total. The maximum Gasteiger partial charge on any atom is 0.136 e. The fraction of sp³-hybridized carbons (Fsp3) is 0.727. The number of rotatable bonds is 2. The summed E-state index contributed by atoms with van der Waals surface area (Å²) in [7, 11) is 0. The summed E-state index contributed by atoms with van der Waals surface area (Å²) in [4.78, 5) is 11.3. The number of carbonyl (C=O) groups is 1. The first-order valence-corrected chi connectivity index (χ1v) is 4.79. The molecule has 0 saturated heterocycles. The molecule has 2 atom stereocenters. The highest BCUT2D eigenvalue weighted by Gasteiger charge is 2.61. The molecule has 0 aromatic heterocycles. The summed E-state index contributed by atoms with van der Waals surface area (Å²) in [5, 5.41) is 0. The fourth-order valence-electron chi connectivity index (χ4n) is 2.58. The lowest BCUT2D eigenvalue weighted by atomic mass is 9.96. The Bertz CT molecular complexity index is 262. The van der Waals surface area contributed by atoms with Gasteiger partial charge in [0.25, 0.3) is 0 Å². The topological polar surface area (TPSA) is 17.1 Å². The molecule has 66 valence electrons. The summed E-state index contributed by atoms with van der Waals surface area (Å²) in [6.07, 6.45) is 4.44. The number of fused-ring (bicyclic) bond motifs is 1. The average Bonchev–Trinajstić information content (AvgIpc) is 2.58. The first kappa shape index (κ1) is 8.03. The van der Waals surface area contributed by atoms with Crippen LogP contribution in [0.2, 0.25) is 0 Å². The lowest BCUT2D eigenvalue weighted by Crippen LogP contribution is -2.11. The van der Waals surface area contributed by atoms with Crippen LogP contribution in [0.15, 0.2) is 11.6 Å². The third-order valence-electron chi connectivity index (χ3n) is 3.55. The highest BCUT2D eigenvalue weighted by Crippen LogP contribution is 2.65. The molecule has 0 bridgehead atoms. The van der Waals surface area contributed by atoms with Crippen LogP contribution in [-0.4, -0.2) is 5.78 Å². The second-order valence-corrected chi connectivity index (χ2v) is 4.53. The molecule has 2 aliphatic rings. The molecule has 0 amide bonds. The van der Waals surface area contributed by atoms with Gasteiger partial charge in [0.2, 0.25) is 0 Å². The molecular weight excluding hydrogens is 148 g/mol. The Kier molecular flexibility index (Phi) is 1.48. The van der Waals surface area contributed by atoms with Crippen molar-refractivity contribution in [3.8, 4) is 0 Å². The SMILES string of the molecule is CC(=O)C12CC=C(C(C)C)C1C2. The molecule has 1 saturated carbocycles. The Labute approximate surface area is 73.8 Å². The van der Waals surface area contributed by atoms with Gasteiger partial charge >= 0.3 is 0 Å². The van der Waals surface area contributed by atoms with E-state index in [1.54, 1.807) is 6.92 Å². The molecule has 0 radical (unpaired) electrons. The monoisotopic (exact) mass is 164 g/mol. The maximum atomic E-state index is 11.3. The molecule has 0 aromatic rings. The quantitative estimate of drug-likeness (QED) is 0.573. The van der Waals surface area contributed by atoms with E-state index in [4.69, 9.17) is 0 Å². The van der Waals surface area contributed by atoms with Crippen molar-refractivity contribution in [3.63, 3.8) is 0 Å². The van der Waals surface area contributed by atoms with Crippen molar-refractivity contribution in [3.05, 3.63) is 11.6 Å². The maximum absolute atomic E-state index is 11.3. The number of hydrogen-bond acceptors (Lipinski definition) is 1. The highest BCUT2D eigenvalue weighted by molar-refractivity contribution is 5.87. The van der Waals surface area contributed by atoms with E-state index in [0.29, 0.717) is 17.6 Å². The van der Waals surface area contributed by atoms with E-state index in [-0.39, 0.29) is 5.41 Å². The third-order valence-corrected chi connectivity index (χ3v) is 3.55. The number of allylic oxidation sites excluding steroid dienone is 2. The van der Waals surface area contributed by atoms with Gasteiger partial charge in [-0.15, -0.1) is 0 Å². The zero-order valence-electron chi connectivity index (χ0n) is 8.05. The molecule has 2 unspecified atom stereocenters. The number of Topliss-reactive ketones (excluding diaryl/α,β-unsaturated/α-hetero) is 1. The van der Waals surface area contributed by atoms with Crippen LogP contribution in [0.4, 0.5) is 0 Å². The van der Waals surface area contributed by atoms with Gasteiger partial charge in [-0.3, -0.25) is 4.79 Å². The normalized spacial score (nSPS) is 38.0. The molecule has 2 aliphatic carbocycles. The Morgan fingerprint density at radius 3 is 2.58 bits per heavy atom.